The van der Waals surface area contributed by atoms with Crippen LogP contribution >= 0.6 is 0 Å². The number of hydrogen-bond acceptors (Lipinski definition) is 7. The molecule has 7 heteroatoms. The highest BCUT2D eigenvalue weighted by Crippen LogP contribution is 2.29. The third-order valence-corrected chi connectivity index (χ3v) is 7.87. The van der Waals surface area contributed by atoms with Crippen molar-refractivity contribution in [2.45, 2.75) is 137 Å². The van der Waals surface area contributed by atoms with E-state index in [-0.39, 0.29) is 6.10 Å². The topological polar surface area (TPSA) is 52.6 Å². The van der Waals surface area contributed by atoms with Crippen molar-refractivity contribution >= 4 is 11.4 Å². The zero-order valence-electron chi connectivity index (χ0n) is 29.3. The lowest BCUT2D eigenvalue weighted by Crippen LogP contribution is -2.25. The van der Waals surface area contributed by atoms with E-state index in [0.29, 0.717) is 26.4 Å². The van der Waals surface area contributed by atoms with E-state index in [4.69, 9.17) is 24.1 Å². The maximum Gasteiger partial charge on any atom is 0.107 e. The van der Waals surface area contributed by atoms with Gasteiger partial charge in [0.2, 0.25) is 0 Å². The van der Waals surface area contributed by atoms with E-state index in [0.717, 1.165) is 48.2 Å². The van der Waals surface area contributed by atoms with Gasteiger partial charge in [0.1, 0.15) is 6.10 Å². The van der Waals surface area contributed by atoms with Crippen LogP contribution in [0.1, 0.15) is 148 Å². The van der Waals surface area contributed by atoms with Crippen LogP contribution in [-0.2, 0) is 24.1 Å². The highest BCUT2D eigenvalue weighted by molar-refractivity contribution is 5.48. The Kier molecular flexibility index (Phi) is 22.5. The number of nitrogens with zero attached hydrogens (tertiary/aromatic N) is 2. The van der Waals surface area contributed by atoms with Crippen molar-refractivity contribution in [3.8, 4) is 0 Å². The number of benzene rings is 2. The molecule has 45 heavy (non-hydrogen) atoms. The fraction of sp³-hybridized carbons (Fsp3) is 0.684. The van der Waals surface area contributed by atoms with Crippen molar-refractivity contribution in [3.63, 3.8) is 0 Å². The second kappa shape index (κ2) is 26.0. The lowest BCUT2D eigenvalue weighted by atomic mass is 10.0. The predicted molar refractivity (Wildman–Crippen MR) is 187 cm³/mol. The van der Waals surface area contributed by atoms with Gasteiger partial charge in [0, 0.05) is 7.11 Å². The summed E-state index contributed by atoms with van der Waals surface area (Å²) < 4.78 is 5.98. The van der Waals surface area contributed by atoms with Crippen LogP contribution < -0.4 is 10.5 Å². The predicted octanol–water partition coefficient (Wildman–Crippen LogP) is 11.1. The van der Waals surface area contributed by atoms with Gasteiger partial charge < -0.3 is 4.74 Å². The molecule has 0 aliphatic heterocycles. The van der Waals surface area contributed by atoms with Gasteiger partial charge in [0.15, 0.2) is 0 Å². The Labute approximate surface area is 275 Å². The smallest absolute Gasteiger partial charge is 0.107 e. The van der Waals surface area contributed by atoms with Crippen LogP contribution in [0.3, 0.4) is 0 Å². The minimum Gasteiger partial charge on any atom is -0.372 e. The minimum atomic E-state index is -0.204. The molecule has 0 atom stereocenters. The average molecular weight is 629 g/mol. The zero-order chi connectivity index (χ0) is 32.4. The first-order chi connectivity index (χ1) is 22.2. The second-order valence-corrected chi connectivity index (χ2v) is 11.9. The van der Waals surface area contributed by atoms with E-state index in [9.17, 15) is 0 Å². The van der Waals surface area contributed by atoms with Gasteiger partial charge >= 0.3 is 0 Å². The average Bonchev–Trinajstić information content (AvgIpc) is 3.07. The van der Waals surface area contributed by atoms with Crippen molar-refractivity contribution in [3.05, 3.63) is 59.7 Å². The van der Waals surface area contributed by atoms with Crippen LogP contribution in [-0.4, -0.2) is 33.5 Å². The summed E-state index contributed by atoms with van der Waals surface area (Å²) in [5.74, 6) is 0. The largest absolute Gasteiger partial charge is 0.372 e. The number of unbranched alkanes of at least 4 members (excludes halogenated alkanes) is 12. The van der Waals surface area contributed by atoms with Crippen molar-refractivity contribution < 1.29 is 24.1 Å². The quantitative estimate of drug-likeness (QED) is 0.0656. The van der Waals surface area contributed by atoms with Gasteiger partial charge in [-0.2, -0.15) is 0 Å². The first-order valence-corrected chi connectivity index (χ1v) is 18.0. The summed E-state index contributed by atoms with van der Waals surface area (Å²) in [6, 6.07) is 16.6. The molecule has 0 aliphatic rings. The van der Waals surface area contributed by atoms with E-state index in [2.05, 4.69) is 52.0 Å². The van der Waals surface area contributed by atoms with Crippen LogP contribution in [0.25, 0.3) is 0 Å². The van der Waals surface area contributed by atoms with E-state index >= 15 is 0 Å². The normalized spacial score (nSPS) is 11.4. The molecule has 0 saturated heterocycles. The van der Waals surface area contributed by atoms with E-state index in [1.54, 1.807) is 17.6 Å². The van der Waals surface area contributed by atoms with Gasteiger partial charge in [0.25, 0.3) is 0 Å². The molecular formula is C38H64N2O5. The van der Waals surface area contributed by atoms with Crippen LogP contribution in [0.5, 0.6) is 0 Å². The van der Waals surface area contributed by atoms with Gasteiger partial charge in [-0.25, -0.2) is 19.4 Å². The fourth-order valence-corrected chi connectivity index (χ4v) is 5.08. The van der Waals surface area contributed by atoms with E-state index < -0.39 is 0 Å². The van der Waals surface area contributed by atoms with Gasteiger partial charge in [-0.1, -0.05) is 129 Å². The number of rotatable bonds is 29. The maximum absolute atomic E-state index is 6.07. The Morgan fingerprint density at radius 3 is 0.956 bits per heavy atom. The second-order valence-electron chi connectivity index (χ2n) is 11.9. The Bertz CT molecular complexity index is 837. The van der Waals surface area contributed by atoms with Crippen LogP contribution in [0.2, 0.25) is 0 Å². The van der Waals surface area contributed by atoms with Crippen LogP contribution in [0, 0.1) is 0 Å². The molecule has 0 bridgehead atoms. The lowest BCUT2D eigenvalue weighted by Gasteiger charge is -2.24. The minimum absolute atomic E-state index is 0.204. The van der Waals surface area contributed by atoms with Crippen molar-refractivity contribution in [2.75, 3.05) is 44.0 Å². The molecule has 0 aromatic heterocycles. The summed E-state index contributed by atoms with van der Waals surface area (Å²) in [7, 11) is 1.75. The molecular weight excluding hydrogens is 564 g/mol. The molecule has 0 heterocycles. The van der Waals surface area contributed by atoms with Gasteiger partial charge in [-0.15, -0.1) is 10.5 Å². The fourth-order valence-electron chi connectivity index (χ4n) is 5.08. The maximum atomic E-state index is 6.07. The molecule has 0 saturated carbocycles. The van der Waals surface area contributed by atoms with E-state index in [1.807, 2.05) is 24.3 Å². The molecule has 0 unspecified atom stereocenters. The Morgan fingerprint density at radius 2 is 0.711 bits per heavy atom. The molecule has 2 aromatic carbocycles. The summed E-state index contributed by atoms with van der Waals surface area (Å²) in [5.41, 5.74) is 3.91. The molecule has 7 nitrogen and oxygen atoms in total. The third kappa shape index (κ3) is 16.3. The molecule has 0 fully saturated rings. The van der Waals surface area contributed by atoms with Gasteiger partial charge in [-0.05, 0) is 61.1 Å². The summed E-state index contributed by atoms with van der Waals surface area (Å²) in [4.78, 5) is 24.3. The molecule has 0 aliphatic carbocycles. The van der Waals surface area contributed by atoms with E-state index in [1.165, 1.54) is 77.0 Å². The van der Waals surface area contributed by atoms with Crippen molar-refractivity contribution in [1.82, 2.24) is 0 Å². The molecule has 0 spiro atoms. The Morgan fingerprint density at radius 1 is 0.422 bits per heavy atom. The monoisotopic (exact) mass is 628 g/mol. The van der Waals surface area contributed by atoms with Crippen LogP contribution in [0.4, 0.5) is 11.4 Å². The number of hydrogen-bond donors (Lipinski definition) is 0. The summed E-state index contributed by atoms with van der Waals surface area (Å²) >= 11 is 0. The van der Waals surface area contributed by atoms with Crippen LogP contribution in [0.15, 0.2) is 48.5 Å². The molecule has 256 valence electrons. The Balaban J connectivity index is 2.07. The first kappa shape index (κ1) is 39.0. The first-order valence-electron chi connectivity index (χ1n) is 18.0. The van der Waals surface area contributed by atoms with Crippen molar-refractivity contribution in [2.24, 2.45) is 0 Å². The van der Waals surface area contributed by atoms with Gasteiger partial charge in [-0.3, -0.25) is 0 Å². The molecule has 2 rings (SSSR count). The summed E-state index contributed by atoms with van der Waals surface area (Å²) in [6.45, 7) is 11.5. The molecule has 0 amide bonds. The molecule has 0 radical (unpaired) electrons. The van der Waals surface area contributed by atoms with Gasteiger partial charge in [0.05, 0.1) is 37.8 Å². The molecule has 2 aromatic rings. The summed E-state index contributed by atoms with van der Waals surface area (Å²) in [5, 5.41) is 3.22. The SMILES string of the molecule is CCCCCCON(OCCCCCC)c1ccc(C(OC)c2ccc(N(OCCCCCC)OCCCCCC)cc2)cc1. The number of ether oxygens (including phenoxy) is 1. The highest BCUT2D eigenvalue weighted by Gasteiger charge is 2.17. The Hall–Kier alpha value is -2.16. The molecule has 0 N–H and O–H groups in total. The zero-order valence-corrected chi connectivity index (χ0v) is 29.3. The summed E-state index contributed by atoms with van der Waals surface area (Å²) in [6.07, 6.45) is 18.3. The highest BCUT2D eigenvalue weighted by atomic mass is 17.0. The number of anilines is 2. The number of methoxy groups -OCH3 is 1. The third-order valence-electron chi connectivity index (χ3n) is 7.87. The lowest BCUT2D eigenvalue weighted by molar-refractivity contribution is -0.0916. The van der Waals surface area contributed by atoms with Crippen molar-refractivity contribution in [1.29, 1.82) is 0 Å². The standard InChI is InChI=1S/C38H64N2O5/c1-6-10-14-18-30-42-39(43-31-19-15-11-7-2)36-26-22-34(23-27-36)38(41-5)35-24-28-37(29-25-35)40(44-32-20-16-12-8-3)45-33-21-17-13-9-4/h22-29,38H,6-21,30-33H2,1-5H3.